The van der Waals surface area contributed by atoms with E-state index in [1.807, 2.05) is 12.1 Å². The maximum Gasteiger partial charge on any atom is 0.261 e. The van der Waals surface area contributed by atoms with E-state index in [-0.39, 0.29) is 17.3 Å². The molecule has 1 saturated carbocycles. The van der Waals surface area contributed by atoms with Crippen LogP contribution in [-0.2, 0) is 0 Å². The zero-order valence-electron chi connectivity index (χ0n) is 18.9. The Hall–Kier alpha value is -3.59. The number of anilines is 3. The van der Waals surface area contributed by atoms with Crippen LogP contribution in [0.4, 0.5) is 21.6 Å². The van der Waals surface area contributed by atoms with Gasteiger partial charge in [0.15, 0.2) is 5.82 Å². The van der Waals surface area contributed by atoms with Crippen molar-refractivity contribution < 1.29 is 9.18 Å². The van der Waals surface area contributed by atoms with Gasteiger partial charge in [0.05, 0.1) is 5.69 Å². The van der Waals surface area contributed by atoms with Crippen LogP contribution in [0.2, 0.25) is 0 Å². The number of rotatable bonds is 6. The molecule has 0 atom stereocenters. The van der Waals surface area contributed by atoms with Crippen LogP contribution in [0, 0.1) is 5.82 Å². The first kappa shape index (κ1) is 22.2. The second-order valence-corrected chi connectivity index (χ2v) is 8.65. The van der Waals surface area contributed by atoms with Gasteiger partial charge in [-0.25, -0.2) is 14.4 Å². The van der Waals surface area contributed by atoms with Crippen molar-refractivity contribution in [3.05, 3.63) is 60.2 Å². The van der Waals surface area contributed by atoms with Crippen molar-refractivity contribution in [2.24, 2.45) is 0 Å². The molecule has 9 heteroatoms. The Morgan fingerprint density at radius 3 is 2.68 bits per heavy atom. The van der Waals surface area contributed by atoms with E-state index in [0.29, 0.717) is 17.3 Å². The van der Waals surface area contributed by atoms with Crippen molar-refractivity contribution >= 4 is 23.1 Å². The molecule has 1 aliphatic carbocycles. The highest BCUT2D eigenvalue weighted by molar-refractivity contribution is 6.07. The number of halogens is 1. The molecule has 0 spiro atoms. The molecule has 8 nitrogen and oxygen atoms in total. The minimum atomic E-state index is -0.493. The standard InChI is InChI=1S/C25H28FN7O/c26-20-7-3-4-8-21(20)31-25(34)19-16-29-24(32-23(19)30-17-5-1-2-6-17)22-15-18(9-10-28-22)33-13-11-27-12-14-33/h3-4,7-10,15-17,27H,1-2,5-6,11-14H2,(H,31,34)(H,29,30,32). The number of carbonyl (C=O) groups is 1. The van der Waals surface area contributed by atoms with Gasteiger partial charge in [-0.1, -0.05) is 25.0 Å². The van der Waals surface area contributed by atoms with E-state index in [2.05, 4.69) is 30.8 Å². The molecule has 34 heavy (non-hydrogen) atoms. The summed E-state index contributed by atoms with van der Waals surface area (Å²) >= 11 is 0. The van der Waals surface area contributed by atoms with E-state index in [9.17, 15) is 9.18 Å². The first-order chi connectivity index (χ1) is 16.7. The summed E-state index contributed by atoms with van der Waals surface area (Å²) < 4.78 is 14.1. The minimum Gasteiger partial charge on any atom is -0.369 e. The third kappa shape index (κ3) is 4.99. The largest absolute Gasteiger partial charge is 0.369 e. The van der Waals surface area contributed by atoms with Gasteiger partial charge < -0.3 is 20.9 Å². The van der Waals surface area contributed by atoms with Gasteiger partial charge in [0, 0.05) is 50.3 Å². The molecule has 1 aliphatic heterocycles. The highest BCUT2D eigenvalue weighted by Gasteiger charge is 2.22. The summed E-state index contributed by atoms with van der Waals surface area (Å²) in [5, 5.41) is 9.43. The molecule has 2 aromatic heterocycles. The normalized spacial score (nSPS) is 16.4. The number of nitrogens with one attached hydrogen (secondary N) is 3. The van der Waals surface area contributed by atoms with Gasteiger partial charge in [0.1, 0.15) is 22.9 Å². The fraction of sp³-hybridized carbons (Fsp3) is 0.360. The van der Waals surface area contributed by atoms with Crippen LogP contribution in [0.5, 0.6) is 0 Å². The number of hydrogen-bond acceptors (Lipinski definition) is 7. The van der Waals surface area contributed by atoms with Crippen molar-refractivity contribution in [3.8, 4) is 11.5 Å². The highest BCUT2D eigenvalue weighted by Crippen LogP contribution is 2.27. The molecule has 0 unspecified atom stereocenters. The number of pyridine rings is 1. The summed E-state index contributed by atoms with van der Waals surface area (Å²) in [7, 11) is 0. The second kappa shape index (κ2) is 10.1. The molecular formula is C25H28FN7O. The van der Waals surface area contributed by atoms with Crippen LogP contribution in [0.1, 0.15) is 36.0 Å². The van der Waals surface area contributed by atoms with E-state index in [1.54, 1.807) is 18.3 Å². The molecular weight excluding hydrogens is 433 g/mol. The molecule has 176 valence electrons. The van der Waals surface area contributed by atoms with Gasteiger partial charge in [-0.15, -0.1) is 0 Å². The number of piperazine rings is 1. The van der Waals surface area contributed by atoms with Crippen LogP contribution in [-0.4, -0.2) is 53.1 Å². The van der Waals surface area contributed by atoms with Crippen molar-refractivity contribution in [2.75, 3.05) is 41.7 Å². The Labute approximate surface area is 198 Å². The average Bonchev–Trinajstić information content (AvgIpc) is 3.39. The number of amides is 1. The fourth-order valence-corrected chi connectivity index (χ4v) is 4.46. The number of hydrogen-bond donors (Lipinski definition) is 3. The number of aromatic nitrogens is 3. The van der Waals surface area contributed by atoms with Gasteiger partial charge in [0.2, 0.25) is 0 Å². The van der Waals surface area contributed by atoms with Crippen molar-refractivity contribution in [2.45, 2.75) is 31.7 Å². The summed E-state index contributed by atoms with van der Waals surface area (Å²) in [5.41, 5.74) is 2.11. The Morgan fingerprint density at radius 1 is 1.09 bits per heavy atom. The van der Waals surface area contributed by atoms with Gasteiger partial charge in [-0.2, -0.15) is 0 Å². The first-order valence-electron chi connectivity index (χ1n) is 11.8. The van der Waals surface area contributed by atoms with Gasteiger partial charge in [-0.05, 0) is 37.1 Å². The molecule has 1 saturated heterocycles. The summed E-state index contributed by atoms with van der Waals surface area (Å²) in [6.07, 6.45) is 7.57. The lowest BCUT2D eigenvalue weighted by Crippen LogP contribution is -2.43. The van der Waals surface area contributed by atoms with E-state index < -0.39 is 11.7 Å². The average molecular weight is 462 g/mol. The van der Waals surface area contributed by atoms with Gasteiger partial charge in [0.25, 0.3) is 5.91 Å². The minimum absolute atomic E-state index is 0.119. The van der Waals surface area contributed by atoms with Gasteiger partial charge >= 0.3 is 0 Å². The first-order valence-corrected chi connectivity index (χ1v) is 11.8. The zero-order valence-corrected chi connectivity index (χ0v) is 18.9. The smallest absolute Gasteiger partial charge is 0.261 e. The molecule has 3 aromatic rings. The predicted octanol–water partition coefficient (Wildman–Crippen LogP) is 3.69. The fourth-order valence-electron chi connectivity index (χ4n) is 4.46. The highest BCUT2D eigenvalue weighted by atomic mass is 19.1. The lowest BCUT2D eigenvalue weighted by atomic mass is 10.2. The van der Waals surface area contributed by atoms with E-state index in [0.717, 1.165) is 57.5 Å². The Morgan fingerprint density at radius 2 is 1.88 bits per heavy atom. The summed E-state index contributed by atoms with van der Waals surface area (Å²) in [6, 6.07) is 10.3. The topological polar surface area (TPSA) is 95.1 Å². The van der Waals surface area contributed by atoms with Crippen molar-refractivity contribution in [1.82, 2.24) is 20.3 Å². The second-order valence-electron chi connectivity index (χ2n) is 8.65. The van der Waals surface area contributed by atoms with Crippen LogP contribution < -0.4 is 20.9 Å². The maximum atomic E-state index is 14.1. The van der Waals surface area contributed by atoms with Crippen LogP contribution >= 0.6 is 0 Å². The number of para-hydroxylation sites is 1. The Bertz CT molecular complexity index is 1160. The molecule has 0 bridgehead atoms. The van der Waals surface area contributed by atoms with Crippen LogP contribution in [0.25, 0.3) is 11.5 Å². The number of nitrogens with zero attached hydrogens (tertiary/aromatic N) is 4. The lowest BCUT2D eigenvalue weighted by molar-refractivity contribution is 0.102. The van der Waals surface area contributed by atoms with Crippen LogP contribution in [0.15, 0.2) is 48.8 Å². The number of benzene rings is 1. The quantitative estimate of drug-likeness (QED) is 0.515. The maximum absolute atomic E-state index is 14.1. The third-order valence-corrected chi connectivity index (χ3v) is 6.31. The molecule has 5 rings (SSSR count). The van der Waals surface area contributed by atoms with E-state index >= 15 is 0 Å². The third-order valence-electron chi connectivity index (χ3n) is 6.31. The summed E-state index contributed by atoms with van der Waals surface area (Å²) in [4.78, 5) is 29.0. The zero-order chi connectivity index (χ0) is 23.3. The molecule has 2 aliphatic rings. The predicted molar refractivity (Wildman–Crippen MR) is 131 cm³/mol. The monoisotopic (exact) mass is 461 g/mol. The SMILES string of the molecule is O=C(Nc1ccccc1F)c1cnc(-c2cc(N3CCNCC3)ccn2)nc1NC1CCCC1. The molecule has 2 fully saturated rings. The van der Waals surface area contributed by atoms with E-state index in [1.165, 1.54) is 18.3 Å². The molecule has 3 N–H and O–H groups in total. The van der Waals surface area contributed by atoms with Gasteiger partial charge in [-0.3, -0.25) is 9.78 Å². The van der Waals surface area contributed by atoms with Crippen molar-refractivity contribution in [1.29, 1.82) is 0 Å². The Balaban J connectivity index is 1.45. The van der Waals surface area contributed by atoms with Crippen LogP contribution in [0.3, 0.4) is 0 Å². The molecule has 1 amide bonds. The molecule has 1 aromatic carbocycles. The lowest BCUT2D eigenvalue weighted by Gasteiger charge is -2.29. The number of carbonyl (C=O) groups excluding carboxylic acids is 1. The van der Waals surface area contributed by atoms with Crippen molar-refractivity contribution in [3.63, 3.8) is 0 Å². The Kier molecular flexibility index (Phi) is 6.62. The van der Waals surface area contributed by atoms with E-state index in [4.69, 9.17) is 4.98 Å². The summed E-state index contributed by atoms with van der Waals surface area (Å²) in [5.74, 6) is -0.0627. The molecule has 0 radical (unpaired) electrons. The molecule has 3 heterocycles. The summed E-state index contributed by atoms with van der Waals surface area (Å²) in [6.45, 7) is 3.73.